The zero-order valence-corrected chi connectivity index (χ0v) is 12.4. The zero-order valence-electron chi connectivity index (χ0n) is 11.5. The average Bonchev–Trinajstić information content (AvgIpc) is 2.52. The highest BCUT2D eigenvalue weighted by molar-refractivity contribution is 7.80. The summed E-state index contributed by atoms with van der Waals surface area (Å²) >= 11 is 5.22. The summed E-state index contributed by atoms with van der Waals surface area (Å²) in [6, 6.07) is 9.46. The number of nitrogens with one attached hydrogen (secondary N) is 2. The molecular formula is C15H17N5S. The summed E-state index contributed by atoms with van der Waals surface area (Å²) in [4.78, 5) is 8.25. The number of hydrogen-bond acceptors (Lipinski definition) is 4. The summed E-state index contributed by atoms with van der Waals surface area (Å²) in [5.41, 5.74) is 8.40. The van der Waals surface area contributed by atoms with E-state index in [4.69, 9.17) is 18.0 Å². The van der Waals surface area contributed by atoms with Gasteiger partial charge >= 0.3 is 0 Å². The molecule has 0 aliphatic carbocycles. The number of pyridine rings is 2. The topological polar surface area (TPSA) is 75.9 Å². The van der Waals surface area contributed by atoms with Crippen molar-refractivity contribution in [2.75, 3.05) is 12.3 Å². The van der Waals surface area contributed by atoms with Gasteiger partial charge in [0.2, 0.25) is 0 Å². The van der Waals surface area contributed by atoms with E-state index in [-0.39, 0.29) is 0 Å². The largest absolute Gasteiger partial charge is 0.383 e. The molecule has 0 unspecified atom stereocenters. The molecule has 0 aliphatic rings. The van der Waals surface area contributed by atoms with Crippen LogP contribution >= 0.6 is 12.2 Å². The minimum Gasteiger partial charge on any atom is -0.383 e. The van der Waals surface area contributed by atoms with Gasteiger partial charge in [-0.15, -0.1) is 0 Å². The van der Waals surface area contributed by atoms with Crippen molar-refractivity contribution in [3.63, 3.8) is 0 Å². The Morgan fingerprint density at radius 2 is 1.95 bits per heavy atom. The van der Waals surface area contributed by atoms with Gasteiger partial charge in [0.05, 0.1) is 12.2 Å². The maximum Gasteiger partial charge on any atom is 0.166 e. The fourth-order valence-corrected chi connectivity index (χ4v) is 1.88. The fraction of sp³-hybridized carbons (Fsp3) is 0.133. The first kappa shape index (κ1) is 14.9. The lowest BCUT2D eigenvalue weighted by molar-refractivity contribution is 0.846. The number of hydrogen-bond donors (Lipinski definition) is 3. The van der Waals surface area contributed by atoms with Crippen LogP contribution in [0.25, 0.3) is 5.57 Å². The second-order valence-corrected chi connectivity index (χ2v) is 4.81. The molecule has 0 aromatic carbocycles. The molecule has 2 aromatic heterocycles. The summed E-state index contributed by atoms with van der Waals surface area (Å²) in [6.45, 7) is 5.08. The van der Waals surface area contributed by atoms with Gasteiger partial charge in [-0.2, -0.15) is 0 Å². The van der Waals surface area contributed by atoms with Crippen LogP contribution in [0, 0.1) is 0 Å². The quantitative estimate of drug-likeness (QED) is 0.730. The van der Waals surface area contributed by atoms with Gasteiger partial charge in [0.15, 0.2) is 5.11 Å². The highest BCUT2D eigenvalue weighted by atomic mass is 32.1. The molecule has 0 radical (unpaired) electrons. The lowest BCUT2D eigenvalue weighted by Crippen LogP contribution is -2.35. The Labute approximate surface area is 129 Å². The third-order valence-electron chi connectivity index (χ3n) is 2.84. The average molecular weight is 299 g/mol. The van der Waals surface area contributed by atoms with Gasteiger partial charge in [-0.05, 0) is 42.1 Å². The molecule has 2 aromatic rings. The standard InChI is InChI=1S/C15H17N5S/c1-11(13-6-4-8-18-14(13)16)9-19-15(21)20-10-12-5-2-3-7-17-12/h2-8H,1,9-10H2,(H2,16,18)(H2,19,20,21). The maximum atomic E-state index is 5.81. The summed E-state index contributed by atoms with van der Waals surface area (Å²) in [6.07, 6.45) is 3.40. The SMILES string of the molecule is C=C(CNC(=S)NCc1ccccn1)c1cccnc1N. The molecule has 0 atom stereocenters. The van der Waals surface area contributed by atoms with Crippen LogP contribution in [0.3, 0.4) is 0 Å². The number of rotatable bonds is 5. The Morgan fingerprint density at radius 3 is 2.67 bits per heavy atom. The molecule has 5 nitrogen and oxygen atoms in total. The van der Waals surface area contributed by atoms with Crippen LogP contribution < -0.4 is 16.4 Å². The van der Waals surface area contributed by atoms with Crippen molar-refractivity contribution in [1.29, 1.82) is 0 Å². The molecule has 6 heteroatoms. The predicted octanol–water partition coefficient (Wildman–Crippen LogP) is 1.74. The van der Waals surface area contributed by atoms with Crippen molar-refractivity contribution in [3.8, 4) is 0 Å². The molecule has 4 N–H and O–H groups in total. The van der Waals surface area contributed by atoms with E-state index < -0.39 is 0 Å². The van der Waals surface area contributed by atoms with Gasteiger partial charge < -0.3 is 16.4 Å². The van der Waals surface area contributed by atoms with Gasteiger partial charge in [-0.25, -0.2) is 4.98 Å². The monoisotopic (exact) mass is 299 g/mol. The number of nitrogens with two attached hydrogens (primary N) is 1. The lowest BCUT2D eigenvalue weighted by Gasteiger charge is -2.12. The van der Waals surface area contributed by atoms with Crippen molar-refractivity contribution in [3.05, 3.63) is 60.6 Å². The van der Waals surface area contributed by atoms with Crippen molar-refractivity contribution < 1.29 is 0 Å². The van der Waals surface area contributed by atoms with Crippen molar-refractivity contribution in [1.82, 2.24) is 20.6 Å². The van der Waals surface area contributed by atoms with Crippen LogP contribution in [0.5, 0.6) is 0 Å². The Hall–Kier alpha value is -2.47. The normalized spacial score (nSPS) is 9.90. The molecule has 0 saturated carbocycles. The molecule has 21 heavy (non-hydrogen) atoms. The second-order valence-electron chi connectivity index (χ2n) is 4.40. The fourth-order valence-electron chi connectivity index (χ4n) is 1.73. The first-order chi connectivity index (χ1) is 10.2. The molecule has 2 heterocycles. The van der Waals surface area contributed by atoms with E-state index in [1.165, 1.54) is 0 Å². The van der Waals surface area contributed by atoms with E-state index in [0.29, 0.717) is 24.0 Å². The van der Waals surface area contributed by atoms with Crippen molar-refractivity contribution >= 4 is 28.7 Å². The summed E-state index contributed by atoms with van der Waals surface area (Å²) < 4.78 is 0. The van der Waals surface area contributed by atoms with Gasteiger partial charge in [0.25, 0.3) is 0 Å². The van der Waals surface area contributed by atoms with Gasteiger partial charge in [-0.3, -0.25) is 4.98 Å². The van der Waals surface area contributed by atoms with Crippen LogP contribution in [-0.2, 0) is 6.54 Å². The number of anilines is 1. The Bertz CT molecular complexity index is 627. The van der Waals surface area contributed by atoms with E-state index >= 15 is 0 Å². The number of aromatic nitrogens is 2. The summed E-state index contributed by atoms with van der Waals surface area (Å²) in [7, 11) is 0. The van der Waals surface area contributed by atoms with E-state index in [0.717, 1.165) is 16.8 Å². The highest BCUT2D eigenvalue weighted by Crippen LogP contribution is 2.16. The van der Waals surface area contributed by atoms with Crippen LogP contribution in [-0.4, -0.2) is 21.6 Å². The molecule has 2 rings (SSSR count). The smallest absolute Gasteiger partial charge is 0.166 e. The number of thiocarbonyl (C=S) groups is 1. The van der Waals surface area contributed by atoms with Gasteiger partial charge in [0, 0.05) is 24.5 Å². The minimum absolute atomic E-state index is 0.469. The lowest BCUT2D eigenvalue weighted by atomic mass is 10.1. The maximum absolute atomic E-state index is 5.81. The molecule has 0 amide bonds. The van der Waals surface area contributed by atoms with Crippen molar-refractivity contribution in [2.24, 2.45) is 0 Å². The predicted molar refractivity (Wildman–Crippen MR) is 89.4 cm³/mol. The Balaban J connectivity index is 1.79. The molecule has 0 aliphatic heterocycles. The van der Waals surface area contributed by atoms with Crippen LogP contribution in [0.15, 0.2) is 49.3 Å². The van der Waals surface area contributed by atoms with Crippen LogP contribution in [0.4, 0.5) is 5.82 Å². The van der Waals surface area contributed by atoms with Gasteiger partial charge in [0.1, 0.15) is 5.82 Å². The molecule has 0 spiro atoms. The minimum atomic E-state index is 0.469. The molecule has 108 valence electrons. The Morgan fingerprint density at radius 1 is 1.14 bits per heavy atom. The molecule has 0 saturated heterocycles. The first-order valence-corrected chi connectivity index (χ1v) is 6.88. The van der Waals surface area contributed by atoms with Crippen LogP contribution in [0.2, 0.25) is 0 Å². The summed E-state index contributed by atoms with van der Waals surface area (Å²) in [5, 5.41) is 6.72. The van der Waals surface area contributed by atoms with E-state index in [9.17, 15) is 0 Å². The van der Waals surface area contributed by atoms with E-state index in [2.05, 4.69) is 27.2 Å². The third kappa shape index (κ3) is 4.54. The summed E-state index contributed by atoms with van der Waals surface area (Å²) in [5.74, 6) is 0.469. The first-order valence-electron chi connectivity index (χ1n) is 6.47. The molecular weight excluding hydrogens is 282 g/mol. The van der Waals surface area contributed by atoms with Crippen molar-refractivity contribution in [2.45, 2.75) is 6.54 Å². The van der Waals surface area contributed by atoms with Crippen LogP contribution in [0.1, 0.15) is 11.3 Å². The highest BCUT2D eigenvalue weighted by Gasteiger charge is 2.04. The van der Waals surface area contributed by atoms with E-state index in [1.54, 1.807) is 12.4 Å². The second kappa shape index (κ2) is 7.35. The number of nitrogen functional groups attached to an aromatic ring is 1. The van der Waals surface area contributed by atoms with Gasteiger partial charge in [-0.1, -0.05) is 12.6 Å². The Kier molecular flexibility index (Phi) is 5.22. The molecule has 0 fully saturated rings. The zero-order chi connectivity index (χ0) is 15.1. The third-order valence-corrected chi connectivity index (χ3v) is 3.13. The van der Waals surface area contributed by atoms with E-state index in [1.807, 2.05) is 30.3 Å². The molecule has 0 bridgehead atoms. The number of nitrogens with zero attached hydrogens (tertiary/aromatic N) is 2.